The molecule has 0 N–H and O–H groups in total. The number of hydrogen-bond acceptors (Lipinski definition) is 5. The second-order valence-corrected chi connectivity index (χ2v) is 7.92. The first kappa shape index (κ1) is 21.0. The molecule has 6 nitrogen and oxygen atoms in total. The van der Waals surface area contributed by atoms with Crippen LogP contribution in [0.3, 0.4) is 0 Å². The van der Waals surface area contributed by atoms with Crippen LogP contribution in [0.5, 0.6) is 11.5 Å². The first-order chi connectivity index (χ1) is 14.7. The van der Waals surface area contributed by atoms with Crippen LogP contribution in [0.2, 0.25) is 5.02 Å². The van der Waals surface area contributed by atoms with E-state index in [1.54, 1.807) is 14.2 Å². The van der Waals surface area contributed by atoms with E-state index in [0.717, 1.165) is 79.7 Å². The summed E-state index contributed by atoms with van der Waals surface area (Å²) in [4.78, 5) is 7.37. The van der Waals surface area contributed by atoms with Gasteiger partial charge in [-0.25, -0.2) is 4.98 Å². The fourth-order valence-electron chi connectivity index (χ4n) is 3.99. The number of hydrogen-bond donors (Lipinski definition) is 0. The molecule has 1 saturated heterocycles. The van der Waals surface area contributed by atoms with Crippen LogP contribution >= 0.6 is 11.6 Å². The molecular weight excluding hydrogens is 402 g/mol. The molecule has 4 rings (SSSR count). The van der Waals surface area contributed by atoms with Crippen molar-refractivity contribution in [2.24, 2.45) is 0 Å². The molecule has 0 unspecified atom stereocenters. The lowest BCUT2D eigenvalue weighted by Crippen LogP contribution is -2.37. The zero-order chi connectivity index (χ0) is 20.9. The van der Waals surface area contributed by atoms with E-state index < -0.39 is 0 Å². The van der Waals surface area contributed by atoms with Crippen molar-refractivity contribution >= 4 is 22.6 Å². The molecule has 0 bridgehead atoms. The average Bonchev–Trinajstić information content (AvgIpc) is 3.10. The highest BCUT2D eigenvalue weighted by atomic mass is 35.5. The van der Waals surface area contributed by atoms with Gasteiger partial charge in [0.25, 0.3) is 0 Å². The van der Waals surface area contributed by atoms with E-state index in [2.05, 4.69) is 21.6 Å². The smallest absolute Gasteiger partial charge is 0.161 e. The van der Waals surface area contributed by atoms with Crippen molar-refractivity contribution < 1.29 is 14.2 Å². The SMILES string of the molecule is COc1ccc(Cc2nc3cc(Cl)ccc3n2CCCN2CCOCC2)cc1OC. The van der Waals surface area contributed by atoms with Crippen LogP contribution in [0.25, 0.3) is 11.0 Å². The van der Waals surface area contributed by atoms with Gasteiger partial charge in [-0.3, -0.25) is 4.90 Å². The largest absolute Gasteiger partial charge is 0.493 e. The fourth-order valence-corrected chi connectivity index (χ4v) is 4.15. The number of nitrogens with zero attached hydrogens (tertiary/aromatic N) is 3. The van der Waals surface area contributed by atoms with Gasteiger partial charge in [-0.05, 0) is 42.3 Å². The van der Waals surface area contributed by atoms with Gasteiger partial charge in [-0.2, -0.15) is 0 Å². The summed E-state index contributed by atoms with van der Waals surface area (Å²) in [7, 11) is 3.31. The van der Waals surface area contributed by atoms with Crippen molar-refractivity contribution in [1.29, 1.82) is 0 Å². The normalized spacial score (nSPS) is 14.9. The monoisotopic (exact) mass is 429 g/mol. The predicted octanol–water partition coefficient (Wildman–Crippen LogP) is 4.02. The summed E-state index contributed by atoms with van der Waals surface area (Å²) in [6, 6.07) is 12.0. The van der Waals surface area contributed by atoms with E-state index in [-0.39, 0.29) is 0 Å². The molecule has 160 valence electrons. The first-order valence-corrected chi connectivity index (χ1v) is 10.7. The molecule has 0 saturated carbocycles. The third-order valence-electron chi connectivity index (χ3n) is 5.56. The second kappa shape index (κ2) is 9.69. The van der Waals surface area contributed by atoms with Crippen LogP contribution in [0.1, 0.15) is 17.8 Å². The standard InChI is InChI=1S/C23H28ClN3O3/c1-28-21-7-4-17(14-22(21)29-2)15-23-25-19-16-18(24)5-6-20(19)27(23)9-3-8-26-10-12-30-13-11-26/h4-7,14,16H,3,8-13,15H2,1-2H3. The molecule has 0 radical (unpaired) electrons. The number of halogens is 1. The third-order valence-corrected chi connectivity index (χ3v) is 5.79. The van der Waals surface area contributed by atoms with E-state index in [1.807, 2.05) is 24.3 Å². The maximum absolute atomic E-state index is 6.22. The molecule has 1 aliphatic heterocycles. The Kier molecular flexibility index (Phi) is 6.77. The number of morpholine rings is 1. The summed E-state index contributed by atoms with van der Waals surface area (Å²) in [5.74, 6) is 2.49. The van der Waals surface area contributed by atoms with Crippen molar-refractivity contribution in [3.63, 3.8) is 0 Å². The van der Waals surface area contributed by atoms with Crippen LogP contribution in [0, 0.1) is 0 Å². The Morgan fingerprint density at radius 3 is 2.57 bits per heavy atom. The van der Waals surface area contributed by atoms with Gasteiger partial charge >= 0.3 is 0 Å². The average molecular weight is 430 g/mol. The summed E-state index contributed by atoms with van der Waals surface area (Å²) in [6.07, 6.45) is 1.78. The van der Waals surface area contributed by atoms with Crippen LogP contribution in [0.4, 0.5) is 0 Å². The second-order valence-electron chi connectivity index (χ2n) is 7.49. The molecule has 0 spiro atoms. The lowest BCUT2D eigenvalue weighted by molar-refractivity contribution is 0.0369. The summed E-state index contributed by atoms with van der Waals surface area (Å²) in [6.45, 7) is 5.66. The number of benzene rings is 2. The number of methoxy groups -OCH3 is 2. The van der Waals surface area contributed by atoms with Crippen molar-refractivity contribution in [1.82, 2.24) is 14.5 Å². The molecular formula is C23H28ClN3O3. The highest BCUT2D eigenvalue weighted by molar-refractivity contribution is 6.31. The van der Waals surface area contributed by atoms with Gasteiger partial charge in [0.05, 0.1) is 38.5 Å². The van der Waals surface area contributed by atoms with Gasteiger partial charge in [0.2, 0.25) is 0 Å². The van der Waals surface area contributed by atoms with Crippen molar-refractivity contribution in [3.8, 4) is 11.5 Å². The molecule has 0 aliphatic carbocycles. The zero-order valence-corrected chi connectivity index (χ0v) is 18.3. The van der Waals surface area contributed by atoms with E-state index in [4.69, 9.17) is 30.8 Å². The Morgan fingerprint density at radius 1 is 1.00 bits per heavy atom. The number of aryl methyl sites for hydroxylation is 1. The molecule has 1 fully saturated rings. The third kappa shape index (κ3) is 4.72. The van der Waals surface area contributed by atoms with Gasteiger partial charge in [0.15, 0.2) is 11.5 Å². The topological polar surface area (TPSA) is 48.8 Å². The van der Waals surface area contributed by atoms with Gasteiger partial charge in [0, 0.05) is 37.6 Å². The number of aromatic nitrogens is 2. The lowest BCUT2D eigenvalue weighted by Gasteiger charge is -2.26. The highest BCUT2D eigenvalue weighted by Crippen LogP contribution is 2.29. The molecule has 7 heteroatoms. The number of rotatable bonds is 8. The van der Waals surface area contributed by atoms with Crippen LogP contribution in [0.15, 0.2) is 36.4 Å². The molecule has 30 heavy (non-hydrogen) atoms. The molecule has 2 heterocycles. The van der Waals surface area contributed by atoms with E-state index in [1.165, 1.54) is 0 Å². The van der Waals surface area contributed by atoms with Gasteiger partial charge in [0.1, 0.15) is 5.82 Å². The van der Waals surface area contributed by atoms with Crippen LogP contribution in [-0.2, 0) is 17.7 Å². The minimum atomic E-state index is 0.707. The Balaban J connectivity index is 1.57. The summed E-state index contributed by atoms with van der Waals surface area (Å²) in [5, 5.41) is 0.707. The summed E-state index contributed by atoms with van der Waals surface area (Å²) in [5.41, 5.74) is 3.18. The zero-order valence-electron chi connectivity index (χ0n) is 17.6. The molecule has 0 amide bonds. The van der Waals surface area contributed by atoms with Crippen molar-refractivity contribution in [3.05, 3.63) is 52.8 Å². The molecule has 0 atom stereocenters. The maximum Gasteiger partial charge on any atom is 0.161 e. The molecule has 1 aromatic heterocycles. The number of ether oxygens (including phenoxy) is 3. The minimum absolute atomic E-state index is 0.707. The maximum atomic E-state index is 6.22. The van der Waals surface area contributed by atoms with Gasteiger partial charge in [-0.1, -0.05) is 17.7 Å². The lowest BCUT2D eigenvalue weighted by atomic mass is 10.1. The Labute approximate surface area is 182 Å². The van der Waals surface area contributed by atoms with Crippen LogP contribution < -0.4 is 9.47 Å². The Hall–Kier alpha value is -2.28. The van der Waals surface area contributed by atoms with E-state index >= 15 is 0 Å². The number of fused-ring (bicyclic) bond motifs is 1. The van der Waals surface area contributed by atoms with Crippen molar-refractivity contribution in [2.75, 3.05) is 47.1 Å². The quantitative estimate of drug-likeness (QED) is 0.541. The number of imidazole rings is 1. The van der Waals surface area contributed by atoms with Crippen molar-refractivity contribution in [2.45, 2.75) is 19.4 Å². The Morgan fingerprint density at radius 2 is 1.80 bits per heavy atom. The Bertz CT molecular complexity index is 999. The fraction of sp³-hybridized carbons (Fsp3) is 0.435. The summed E-state index contributed by atoms with van der Waals surface area (Å²) < 4.78 is 18.6. The van der Waals surface area contributed by atoms with Gasteiger partial charge < -0.3 is 18.8 Å². The van der Waals surface area contributed by atoms with E-state index in [0.29, 0.717) is 11.4 Å². The highest BCUT2D eigenvalue weighted by Gasteiger charge is 2.15. The van der Waals surface area contributed by atoms with Crippen LogP contribution in [-0.4, -0.2) is 61.5 Å². The first-order valence-electron chi connectivity index (χ1n) is 10.3. The minimum Gasteiger partial charge on any atom is -0.493 e. The molecule has 3 aromatic rings. The molecule has 1 aliphatic rings. The predicted molar refractivity (Wildman–Crippen MR) is 119 cm³/mol. The summed E-state index contributed by atoms with van der Waals surface area (Å²) >= 11 is 6.22. The van der Waals surface area contributed by atoms with Gasteiger partial charge in [-0.15, -0.1) is 0 Å². The molecule has 2 aromatic carbocycles. The van der Waals surface area contributed by atoms with E-state index in [9.17, 15) is 0 Å².